The fourth-order valence-electron chi connectivity index (χ4n) is 2.58. The number of nitrogens with zero attached hydrogens (tertiary/aromatic N) is 3. The maximum absolute atomic E-state index is 5.43. The van der Waals surface area contributed by atoms with E-state index in [1.54, 1.807) is 13.4 Å². The molecular formula is C15H26N4O2. The van der Waals surface area contributed by atoms with E-state index in [4.69, 9.17) is 9.47 Å². The van der Waals surface area contributed by atoms with E-state index >= 15 is 0 Å². The van der Waals surface area contributed by atoms with Crippen LogP contribution in [0.4, 0.5) is 5.82 Å². The molecule has 118 valence electrons. The molecule has 0 aliphatic carbocycles. The van der Waals surface area contributed by atoms with E-state index in [0.717, 1.165) is 44.5 Å². The van der Waals surface area contributed by atoms with Gasteiger partial charge >= 0.3 is 0 Å². The molecule has 6 nitrogen and oxygen atoms in total. The smallest absolute Gasteiger partial charge is 0.218 e. The van der Waals surface area contributed by atoms with Crippen molar-refractivity contribution in [3.63, 3.8) is 0 Å². The molecule has 6 heteroatoms. The fraction of sp³-hybridized carbons (Fsp3) is 0.733. The molecule has 1 N–H and O–H groups in total. The molecule has 0 radical (unpaired) electrons. The molecule has 1 aromatic heterocycles. The number of aromatic nitrogens is 2. The summed E-state index contributed by atoms with van der Waals surface area (Å²) in [4.78, 5) is 10.8. The van der Waals surface area contributed by atoms with Crippen molar-refractivity contribution in [3.8, 4) is 5.88 Å². The van der Waals surface area contributed by atoms with Crippen LogP contribution in [0.25, 0.3) is 0 Å². The zero-order chi connectivity index (χ0) is 14.9. The second-order valence-corrected chi connectivity index (χ2v) is 5.27. The second kappa shape index (κ2) is 8.79. The summed E-state index contributed by atoms with van der Waals surface area (Å²) in [7, 11) is 1.73. The third-order valence-corrected chi connectivity index (χ3v) is 3.77. The van der Waals surface area contributed by atoms with Crippen molar-refractivity contribution in [2.24, 2.45) is 5.92 Å². The first-order chi connectivity index (χ1) is 10.3. The van der Waals surface area contributed by atoms with Crippen molar-refractivity contribution in [3.05, 3.63) is 12.4 Å². The fourth-order valence-corrected chi connectivity index (χ4v) is 2.58. The van der Waals surface area contributed by atoms with Crippen LogP contribution in [0, 0.1) is 5.92 Å². The highest BCUT2D eigenvalue weighted by atomic mass is 16.5. The number of rotatable bonds is 8. The Morgan fingerprint density at radius 3 is 2.86 bits per heavy atom. The summed E-state index contributed by atoms with van der Waals surface area (Å²) in [5, 5.41) is 3.45. The number of ether oxygens (including phenoxy) is 2. The van der Waals surface area contributed by atoms with Gasteiger partial charge in [-0.25, -0.2) is 9.97 Å². The highest BCUT2D eigenvalue weighted by Gasteiger charge is 2.20. The average molecular weight is 294 g/mol. The predicted octanol–water partition coefficient (Wildman–Crippen LogP) is 1.33. The summed E-state index contributed by atoms with van der Waals surface area (Å²) in [6.45, 7) is 7.46. The van der Waals surface area contributed by atoms with Gasteiger partial charge in [0.15, 0.2) is 0 Å². The minimum absolute atomic E-state index is 0.631. The minimum Gasteiger partial charge on any atom is -0.478 e. The largest absolute Gasteiger partial charge is 0.478 e. The van der Waals surface area contributed by atoms with Gasteiger partial charge in [-0.2, -0.15) is 0 Å². The summed E-state index contributed by atoms with van der Waals surface area (Å²) in [6.07, 6.45) is 3.96. The minimum atomic E-state index is 0.631. The third-order valence-electron chi connectivity index (χ3n) is 3.77. The van der Waals surface area contributed by atoms with Gasteiger partial charge in [-0.15, -0.1) is 0 Å². The molecule has 1 aromatic rings. The Kier molecular flexibility index (Phi) is 6.69. The van der Waals surface area contributed by atoms with Crippen molar-refractivity contribution >= 4 is 5.82 Å². The normalized spacial score (nSPS) is 16.2. The zero-order valence-electron chi connectivity index (χ0n) is 13.0. The van der Waals surface area contributed by atoms with Crippen LogP contribution in [-0.2, 0) is 4.74 Å². The zero-order valence-corrected chi connectivity index (χ0v) is 13.0. The first-order valence-corrected chi connectivity index (χ1v) is 7.73. The number of anilines is 1. The van der Waals surface area contributed by atoms with Gasteiger partial charge in [0.05, 0.1) is 13.2 Å². The van der Waals surface area contributed by atoms with E-state index in [0.29, 0.717) is 12.5 Å². The summed E-state index contributed by atoms with van der Waals surface area (Å²) >= 11 is 0. The number of methoxy groups -OCH3 is 1. The van der Waals surface area contributed by atoms with Crippen LogP contribution in [0.3, 0.4) is 0 Å². The van der Waals surface area contributed by atoms with Crippen molar-refractivity contribution in [1.82, 2.24) is 15.3 Å². The lowest BCUT2D eigenvalue weighted by Gasteiger charge is -2.32. The molecule has 1 fully saturated rings. The van der Waals surface area contributed by atoms with Crippen LogP contribution in [0.15, 0.2) is 12.4 Å². The third kappa shape index (κ3) is 5.13. The lowest BCUT2D eigenvalue weighted by molar-refractivity contribution is 0.196. The van der Waals surface area contributed by atoms with Crippen LogP contribution in [0.5, 0.6) is 5.88 Å². The molecule has 1 saturated heterocycles. The highest BCUT2D eigenvalue weighted by Crippen LogP contribution is 2.23. The van der Waals surface area contributed by atoms with Crippen LogP contribution in [-0.4, -0.2) is 56.5 Å². The van der Waals surface area contributed by atoms with Crippen LogP contribution >= 0.6 is 0 Å². The van der Waals surface area contributed by atoms with Crippen molar-refractivity contribution in [1.29, 1.82) is 0 Å². The van der Waals surface area contributed by atoms with Gasteiger partial charge in [0.1, 0.15) is 12.1 Å². The van der Waals surface area contributed by atoms with Gasteiger partial charge in [0, 0.05) is 32.8 Å². The Bertz CT molecular complexity index is 408. The molecule has 1 aliphatic rings. The molecule has 0 saturated carbocycles. The Labute approximate surface area is 126 Å². The lowest BCUT2D eigenvalue weighted by atomic mass is 9.97. The Hall–Kier alpha value is -1.40. The topological polar surface area (TPSA) is 59.5 Å². The molecule has 0 aromatic carbocycles. The molecule has 2 rings (SSSR count). The number of piperidine rings is 1. The van der Waals surface area contributed by atoms with Gasteiger partial charge in [-0.3, -0.25) is 0 Å². The van der Waals surface area contributed by atoms with Crippen molar-refractivity contribution in [2.45, 2.75) is 19.8 Å². The highest BCUT2D eigenvalue weighted by molar-refractivity contribution is 5.41. The SMILES string of the molecule is CCOc1cc(N2CCC(CNCCOC)CC2)ncn1. The van der Waals surface area contributed by atoms with Gasteiger partial charge in [-0.05, 0) is 32.2 Å². The molecule has 0 unspecified atom stereocenters. The molecule has 0 amide bonds. The number of hydrogen-bond donors (Lipinski definition) is 1. The first kappa shape index (κ1) is 16.0. The maximum Gasteiger partial charge on any atom is 0.218 e. The molecule has 0 atom stereocenters. The Morgan fingerprint density at radius 2 is 2.14 bits per heavy atom. The Balaban J connectivity index is 1.76. The summed E-state index contributed by atoms with van der Waals surface area (Å²) in [5.41, 5.74) is 0. The molecule has 0 bridgehead atoms. The van der Waals surface area contributed by atoms with E-state index in [-0.39, 0.29) is 0 Å². The molecule has 1 aliphatic heterocycles. The molecule has 2 heterocycles. The van der Waals surface area contributed by atoms with E-state index in [1.165, 1.54) is 12.8 Å². The van der Waals surface area contributed by atoms with Crippen LogP contribution in [0.1, 0.15) is 19.8 Å². The van der Waals surface area contributed by atoms with E-state index in [2.05, 4.69) is 20.2 Å². The number of nitrogens with one attached hydrogen (secondary N) is 1. The average Bonchev–Trinajstić information content (AvgIpc) is 2.53. The van der Waals surface area contributed by atoms with Crippen molar-refractivity contribution in [2.75, 3.05) is 51.4 Å². The molecule has 0 spiro atoms. The number of hydrogen-bond acceptors (Lipinski definition) is 6. The molecular weight excluding hydrogens is 268 g/mol. The van der Waals surface area contributed by atoms with Gasteiger partial charge in [0.25, 0.3) is 0 Å². The van der Waals surface area contributed by atoms with Gasteiger partial charge in [0.2, 0.25) is 5.88 Å². The first-order valence-electron chi connectivity index (χ1n) is 7.73. The van der Waals surface area contributed by atoms with Crippen LogP contribution < -0.4 is 15.0 Å². The standard InChI is InChI=1S/C15H26N4O2/c1-3-21-15-10-14(17-12-18-15)19-7-4-13(5-8-19)11-16-6-9-20-2/h10,12-13,16H,3-9,11H2,1-2H3. The van der Waals surface area contributed by atoms with E-state index in [9.17, 15) is 0 Å². The van der Waals surface area contributed by atoms with E-state index in [1.807, 2.05) is 13.0 Å². The van der Waals surface area contributed by atoms with Gasteiger partial charge < -0.3 is 19.7 Å². The summed E-state index contributed by atoms with van der Waals surface area (Å²) < 4.78 is 10.5. The second-order valence-electron chi connectivity index (χ2n) is 5.27. The lowest BCUT2D eigenvalue weighted by Crippen LogP contribution is -2.38. The van der Waals surface area contributed by atoms with Crippen LogP contribution in [0.2, 0.25) is 0 Å². The predicted molar refractivity (Wildman–Crippen MR) is 82.9 cm³/mol. The molecule has 21 heavy (non-hydrogen) atoms. The van der Waals surface area contributed by atoms with E-state index < -0.39 is 0 Å². The monoisotopic (exact) mass is 294 g/mol. The summed E-state index contributed by atoms with van der Waals surface area (Å²) in [6, 6.07) is 1.93. The summed E-state index contributed by atoms with van der Waals surface area (Å²) in [5.74, 6) is 2.37. The Morgan fingerprint density at radius 1 is 1.33 bits per heavy atom. The quantitative estimate of drug-likeness (QED) is 0.730. The van der Waals surface area contributed by atoms with Gasteiger partial charge in [-0.1, -0.05) is 0 Å². The maximum atomic E-state index is 5.43. The van der Waals surface area contributed by atoms with Crippen molar-refractivity contribution < 1.29 is 9.47 Å².